The molecular weight excluding hydrogens is 789 g/mol. The fourth-order valence-electron chi connectivity index (χ4n) is 9.37. The standard InChI is InChI=1S/C57H34N4OS/c1-3-14-35(15-4-1)36-26-28-38(29-27-36)55-58-56(39-32-46(37-16-5-2-6-17-37)54-44-20-9-12-25-51(44)63-52(54)33-39)60-57(59-55)45-21-13-24-49-53(45)43-31-30-40(34-50(43)62-49)61-47-22-10-7-18-41(47)42-19-8-11-23-48(42)61/h1-34H. The zero-order chi connectivity index (χ0) is 41.4. The summed E-state index contributed by atoms with van der Waals surface area (Å²) in [6, 6.07) is 72.6. The van der Waals surface area contributed by atoms with Crippen molar-refractivity contribution in [2.75, 3.05) is 0 Å². The van der Waals surface area contributed by atoms with E-state index in [-0.39, 0.29) is 0 Å². The van der Waals surface area contributed by atoms with Crippen LogP contribution in [-0.4, -0.2) is 19.5 Å². The van der Waals surface area contributed by atoms with Gasteiger partial charge < -0.3 is 8.98 Å². The lowest BCUT2D eigenvalue weighted by molar-refractivity contribution is 0.668. The summed E-state index contributed by atoms with van der Waals surface area (Å²) < 4.78 is 11.5. The first-order valence-electron chi connectivity index (χ1n) is 21.1. The van der Waals surface area contributed by atoms with Gasteiger partial charge in [-0.2, -0.15) is 0 Å². The molecule has 0 radical (unpaired) electrons. The highest BCUT2D eigenvalue weighted by molar-refractivity contribution is 7.26. The average Bonchev–Trinajstić information content (AvgIpc) is 4.03. The van der Waals surface area contributed by atoms with Gasteiger partial charge in [-0.1, -0.05) is 152 Å². The van der Waals surface area contributed by atoms with Crippen molar-refractivity contribution in [3.8, 4) is 62.1 Å². The molecule has 0 N–H and O–H groups in total. The van der Waals surface area contributed by atoms with Crippen molar-refractivity contribution < 1.29 is 4.42 Å². The minimum atomic E-state index is 0.583. The van der Waals surface area contributed by atoms with Gasteiger partial charge in [-0.15, -0.1) is 11.3 Å². The molecule has 0 saturated heterocycles. The molecule has 4 aromatic heterocycles. The van der Waals surface area contributed by atoms with Crippen molar-refractivity contribution >= 4 is 75.3 Å². The van der Waals surface area contributed by atoms with Crippen LogP contribution < -0.4 is 0 Å². The molecule has 5 nitrogen and oxygen atoms in total. The molecule has 0 aliphatic heterocycles. The Morgan fingerprint density at radius 2 is 0.952 bits per heavy atom. The number of rotatable bonds is 6. The number of furan rings is 1. The number of benzene rings is 9. The zero-order valence-corrected chi connectivity index (χ0v) is 34.6. The summed E-state index contributed by atoms with van der Waals surface area (Å²) in [4.78, 5) is 15.9. The van der Waals surface area contributed by atoms with E-state index in [9.17, 15) is 0 Å². The fraction of sp³-hybridized carbons (Fsp3) is 0. The first-order valence-corrected chi connectivity index (χ1v) is 21.9. The molecule has 0 bridgehead atoms. The van der Waals surface area contributed by atoms with E-state index in [2.05, 4.69) is 193 Å². The van der Waals surface area contributed by atoms with E-state index >= 15 is 0 Å². The molecule has 6 heteroatoms. The largest absolute Gasteiger partial charge is 0.456 e. The van der Waals surface area contributed by atoms with E-state index < -0.39 is 0 Å². The summed E-state index contributed by atoms with van der Waals surface area (Å²) in [6.07, 6.45) is 0. The number of hydrogen-bond donors (Lipinski definition) is 0. The fourth-order valence-corrected chi connectivity index (χ4v) is 10.5. The van der Waals surface area contributed by atoms with E-state index in [1.54, 1.807) is 11.3 Å². The monoisotopic (exact) mass is 822 g/mol. The quantitative estimate of drug-likeness (QED) is 0.168. The van der Waals surface area contributed by atoms with Crippen LogP contribution in [0.4, 0.5) is 0 Å². The Hall–Kier alpha value is -8.19. The van der Waals surface area contributed by atoms with Gasteiger partial charge in [0.15, 0.2) is 17.5 Å². The van der Waals surface area contributed by atoms with Crippen LogP contribution in [0, 0.1) is 0 Å². The van der Waals surface area contributed by atoms with Gasteiger partial charge >= 0.3 is 0 Å². The van der Waals surface area contributed by atoms with Crippen LogP contribution in [0.1, 0.15) is 0 Å². The zero-order valence-electron chi connectivity index (χ0n) is 33.7. The van der Waals surface area contributed by atoms with Crippen molar-refractivity contribution in [1.29, 1.82) is 0 Å². The van der Waals surface area contributed by atoms with Gasteiger partial charge in [-0.3, -0.25) is 0 Å². The predicted molar refractivity (Wildman–Crippen MR) is 262 cm³/mol. The maximum atomic E-state index is 6.72. The van der Waals surface area contributed by atoms with Gasteiger partial charge in [0.1, 0.15) is 11.2 Å². The van der Waals surface area contributed by atoms with Crippen LogP contribution >= 0.6 is 11.3 Å². The van der Waals surface area contributed by atoms with Crippen LogP contribution in [0.15, 0.2) is 211 Å². The highest BCUT2D eigenvalue weighted by Crippen LogP contribution is 2.44. The Morgan fingerprint density at radius 3 is 1.70 bits per heavy atom. The van der Waals surface area contributed by atoms with Crippen molar-refractivity contribution in [2.45, 2.75) is 0 Å². The third-order valence-electron chi connectivity index (χ3n) is 12.3. The van der Waals surface area contributed by atoms with Gasteiger partial charge in [-0.05, 0) is 70.8 Å². The molecule has 0 unspecified atom stereocenters. The van der Waals surface area contributed by atoms with E-state index in [4.69, 9.17) is 19.4 Å². The first-order chi connectivity index (χ1) is 31.2. The summed E-state index contributed by atoms with van der Waals surface area (Å²) in [5, 5.41) is 6.90. The van der Waals surface area contributed by atoms with Crippen molar-refractivity contribution in [2.24, 2.45) is 0 Å². The third kappa shape index (κ3) is 5.80. The number of fused-ring (bicyclic) bond motifs is 9. The van der Waals surface area contributed by atoms with E-state index in [1.165, 1.54) is 30.9 Å². The molecule has 13 rings (SSSR count). The second kappa shape index (κ2) is 14.2. The maximum absolute atomic E-state index is 6.72. The number of thiophene rings is 1. The topological polar surface area (TPSA) is 56.7 Å². The highest BCUT2D eigenvalue weighted by Gasteiger charge is 2.21. The van der Waals surface area contributed by atoms with Gasteiger partial charge in [-0.25, -0.2) is 15.0 Å². The van der Waals surface area contributed by atoms with Crippen LogP contribution in [0.5, 0.6) is 0 Å². The number of nitrogens with zero attached hydrogens (tertiary/aromatic N) is 4. The lowest BCUT2D eigenvalue weighted by Gasteiger charge is -2.12. The molecular formula is C57H34N4OS. The second-order valence-electron chi connectivity index (χ2n) is 15.9. The molecule has 0 aliphatic rings. The molecule has 9 aromatic carbocycles. The smallest absolute Gasteiger partial charge is 0.164 e. The SMILES string of the molecule is c1ccc(-c2ccc(-c3nc(-c4cc(-c5ccccc5)c5c(c4)sc4ccccc45)nc(-c4cccc5oc6cc(-n7c8ccccc8c8ccccc87)ccc6c45)n3)cc2)cc1. The van der Waals surface area contributed by atoms with E-state index in [0.29, 0.717) is 17.5 Å². The van der Waals surface area contributed by atoms with Crippen molar-refractivity contribution in [3.63, 3.8) is 0 Å². The molecule has 0 spiro atoms. The average molecular weight is 823 g/mol. The number of hydrogen-bond acceptors (Lipinski definition) is 5. The Labute approximate surface area is 365 Å². The van der Waals surface area contributed by atoms with Gasteiger partial charge in [0.25, 0.3) is 0 Å². The molecule has 0 aliphatic carbocycles. The van der Waals surface area contributed by atoms with Crippen LogP contribution in [0.2, 0.25) is 0 Å². The highest BCUT2D eigenvalue weighted by atomic mass is 32.1. The minimum absolute atomic E-state index is 0.583. The normalized spacial score (nSPS) is 11.8. The van der Waals surface area contributed by atoms with Gasteiger partial charge in [0.2, 0.25) is 0 Å². The lowest BCUT2D eigenvalue weighted by Crippen LogP contribution is -2.00. The molecule has 63 heavy (non-hydrogen) atoms. The van der Waals surface area contributed by atoms with E-state index in [0.717, 1.165) is 77.6 Å². The summed E-state index contributed by atoms with van der Waals surface area (Å²) >= 11 is 1.80. The first kappa shape index (κ1) is 35.6. The summed E-state index contributed by atoms with van der Waals surface area (Å²) in [6.45, 7) is 0. The lowest BCUT2D eigenvalue weighted by atomic mass is 9.97. The van der Waals surface area contributed by atoms with Crippen molar-refractivity contribution in [1.82, 2.24) is 19.5 Å². The van der Waals surface area contributed by atoms with Crippen molar-refractivity contribution in [3.05, 3.63) is 206 Å². The Bertz CT molecular complexity index is 3850. The van der Waals surface area contributed by atoms with Crippen LogP contribution in [-0.2, 0) is 0 Å². The Morgan fingerprint density at radius 1 is 0.349 bits per heavy atom. The van der Waals surface area contributed by atoms with Gasteiger partial charge in [0.05, 0.1) is 11.0 Å². The summed E-state index contributed by atoms with van der Waals surface area (Å²) in [7, 11) is 0. The molecule has 4 heterocycles. The molecule has 13 aromatic rings. The summed E-state index contributed by atoms with van der Waals surface area (Å²) in [5.41, 5.74) is 12.2. The predicted octanol–water partition coefficient (Wildman–Crippen LogP) is 15.6. The summed E-state index contributed by atoms with van der Waals surface area (Å²) in [5.74, 6) is 1.79. The minimum Gasteiger partial charge on any atom is -0.456 e. The molecule has 0 saturated carbocycles. The molecule has 294 valence electrons. The Kier molecular flexibility index (Phi) is 8.01. The number of aromatic nitrogens is 4. The van der Waals surface area contributed by atoms with E-state index in [1.807, 2.05) is 18.2 Å². The molecule has 0 fully saturated rings. The second-order valence-corrected chi connectivity index (χ2v) is 17.0. The van der Waals surface area contributed by atoms with Crippen LogP contribution in [0.3, 0.4) is 0 Å². The van der Waals surface area contributed by atoms with Crippen LogP contribution in [0.25, 0.3) is 126 Å². The third-order valence-corrected chi connectivity index (χ3v) is 13.4. The maximum Gasteiger partial charge on any atom is 0.164 e. The number of para-hydroxylation sites is 2. The molecule has 0 atom stereocenters. The molecule has 0 amide bonds. The van der Waals surface area contributed by atoms with Gasteiger partial charge in [0, 0.05) is 70.2 Å². The Balaban J connectivity index is 1.02.